The van der Waals surface area contributed by atoms with Gasteiger partial charge in [-0.1, -0.05) is 24.3 Å². The second-order valence-corrected chi connectivity index (χ2v) is 6.86. The van der Waals surface area contributed by atoms with Gasteiger partial charge in [-0.3, -0.25) is 9.59 Å². The number of benzene rings is 1. The fraction of sp³-hybridized carbons (Fsp3) is 0.286. The summed E-state index contributed by atoms with van der Waals surface area (Å²) in [5.74, 6) is 0.188. The van der Waals surface area contributed by atoms with Crippen LogP contribution in [0.1, 0.15) is 12.5 Å². The van der Waals surface area contributed by atoms with Crippen molar-refractivity contribution in [3.05, 3.63) is 54.4 Å². The van der Waals surface area contributed by atoms with E-state index in [0.717, 1.165) is 27.7 Å². The van der Waals surface area contributed by atoms with Gasteiger partial charge in [-0.15, -0.1) is 0 Å². The Morgan fingerprint density at radius 2 is 1.70 bits per heavy atom. The monoisotopic (exact) mass is 362 g/mol. The predicted molar refractivity (Wildman–Crippen MR) is 104 cm³/mol. The molecule has 27 heavy (non-hydrogen) atoms. The summed E-state index contributed by atoms with van der Waals surface area (Å²) in [4.78, 5) is 35.0. The molecule has 1 fully saturated rings. The number of aromatic nitrogens is 2. The molecule has 4 rings (SSSR count). The van der Waals surface area contributed by atoms with E-state index < -0.39 is 0 Å². The summed E-state index contributed by atoms with van der Waals surface area (Å²) in [7, 11) is 0. The molecule has 0 aliphatic carbocycles. The fourth-order valence-corrected chi connectivity index (χ4v) is 3.57. The van der Waals surface area contributed by atoms with E-state index in [1.165, 1.54) is 0 Å². The minimum atomic E-state index is 0.0744. The Balaban J connectivity index is 1.43. The van der Waals surface area contributed by atoms with Gasteiger partial charge in [0.25, 0.3) is 0 Å². The highest BCUT2D eigenvalue weighted by atomic mass is 16.2. The number of amides is 2. The Kier molecular flexibility index (Phi) is 4.62. The first kappa shape index (κ1) is 17.3. The summed E-state index contributed by atoms with van der Waals surface area (Å²) in [6.07, 6.45) is 4.07. The molecule has 6 heteroatoms. The van der Waals surface area contributed by atoms with Gasteiger partial charge in [-0.25, -0.2) is 4.98 Å². The third-order valence-corrected chi connectivity index (χ3v) is 5.16. The first-order valence-corrected chi connectivity index (χ1v) is 9.16. The van der Waals surface area contributed by atoms with E-state index in [0.29, 0.717) is 32.6 Å². The number of carbonyl (C=O) groups excluding carboxylic acids is 2. The molecule has 0 radical (unpaired) electrons. The number of pyridine rings is 1. The zero-order chi connectivity index (χ0) is 18.8. The van der Waals surface area contributed by atoms with Gasteiger partial charge < -0.3 is 14.8 Å². The number of rotatable bonds is 3. The Bertz CT molecular complexity index is 969. The number of nitrogens with one attached hydrogen (secondary N) is 1. The molecule has 1 N–H and O–H groups in total. The molecular weight excluding hydrogens is 340 g/mol. The third kappa shape index (κ3) is 3.56. The standard InChI is InChI=1S/C21H22N4O2/c1-15(26)24-10-12-25(13-11-24)20(27)14-16-2-4-17(5-3-16)18-6-8-22-21-19(18)7-9-23-21/h2-9H,10-14H2,1H3,(H,22,23). The predicted octanol–water partition coefficient (Wildman–Crippen LogP) is 2.46. The molecule has 2 aromatic heterocycles. The van der Waals surface area contributed by atoms with Crippen LogP contribution in [0.5, 0.6) is 0 Å². The van der Waals surface area contributed by atoms with Crippen molar-refractivity contribution in [2.45, 2.75) is 13.3 Å². The summed E-state index contributed by atoms with van der Waals surface area (Å²) in [5, 5.41) is 1.09. The summed E-state index contributed by atoms with van der Waals surface area (Å²) in [5.41, 5.74) is 4.10. The average molecular weight is 362 g/mol. The lowest BCUT2D eigenvalue weighted by Gasteiger charge is -2.34. The van der Waals surface area contributed by atoms with E-state index in [-0.39, 0.29) is 11.8 Å². The molecule has 0 saturated carbocycles. The van der Waals surface area contributed by atoms with Gasteiger partial charge in [0.1, 0.15) is 5.65 Å². The number of H-pyrrole nitrogens is 1. The van der Waals surface area contributed by atoms with Crippen molar-refractivity contribution in [2.24, 2.45) is 0 Å². The van der Waals surface area contributed by atoms with Crippen LogP contribution < -0.4 is 0 Å². The average Bonchev–Trinajstić information content (AvgIpc) is 3.17. The van der Waals surface area contributed by atoms with Crippen LogP contribution in [0.3, 0.4) is 0 Å². The number of hydrogen-bond acceptors (Lipinski definition) is 3. The van der Waals surface area contributed by atoms with Gasteiger partial charge in [0.05, 0.1) is 6.42 Å². The number of carbonyl (C=O) groups is 2. The molecule has 3 aromatic rings. The maximum Gasteiger partial charge on any atom is 0.227 e. The van der Waals surface area contributed by atoms with Crippen LogP contribution in [0.15, 0.2) is 48.8 Å². The molecule has 6 nitrogen and oxygen atoms in total. The van der Waals surface area contributed by atoms with Gasteiger partial charge >= 0.3 is 0 Å². The Morgan fingerprint density at radius 1 is 1.00 bits per heavy atom. The van der Waals surface area contributed by atoms with Crippen LogP contribution in [0.2, 0.25) is 0 Å². The van der Waals surface area contributed by atoms with E-state index >= 15 is 0 Å². The van der Waals surface area contributed by atoms with Gasteiger partial charge in [-0.05, 0) is 28.8 Å². The molecule has 3 heterocycles. The molecule has 1 aliphatic rings. The van der Waals surface area contributed by atoms with Crippen molar-refractivity contribution < 1.29 is 9.59 Å². The van der Waals surface area contributed by atoms with Crippen LogP contribution in [-0.2, 0) is 16.0 Å². The van der Waals surface area contributed by atoms with E-state index in [1.54, 1.807) is 18.0 Å². The van der Waals surface area contributed by atoms with Gasteiger partial charge in [0.2, 0.25) is 11.8 Å². The molecule has 1 aliphatic heterocycles. The normalized spacial score (nSPS) is 14.6. The number of hydrogen-bond donors (Lipinski definition) is 1. The first-order chi connectivity index (χ1) is 13.1. The number of fused-ring (bicyclic) bond motifs is 1. The Labute approximate surface area is 157 Å². The second-order valence-electron chi connectivity index (χ2n) is 6.86. The smallest absolute Gasteiger partial charge is 0.227 e. The van der Waals surface area contributed by atoms with Crippen LogP contribution in [0, 0.1) is 0 Å². The van der Waals surface area contributed by atoms with E-state index in [4.69, 9.17) is 0 Å². The van der Waals surface area contributed by atoms with Crippen LogP contribution in [0.25, 0.3) is 22.2 Å². The van der Waals surface area contributed by atoms with Crippen molar-refractivity contribution in [1.82, 2.24) is 19.8 Å². The van der Waals surface area contributed by atoms with Crippen molar-refractivity contribution >= 4 is 22.8 Å². The quantitative estimate of drug-likeness (QED) is 0.778. The molecule has 0 atom stereocenters. The largest absolute Gasteiger partial charge is 0.346 e. The van der Waals surface area contributed by atoms with Crippen molar-refractivity contribution in [2.75, 3.05) is 26.2 Å². The molecule has 0 spiro atoms. The second kappa shape index (κ2) is 7.23. The summed E-state index contributed by atoms with van der Waals surface area (Å²) < 4.78 is 0. The van der Waals surface area contributed by atoms with Crippen molar-refractivity contribution in [1.29, 1.82) is 0 Å². The summed E-state index contributed by atoms with van der Waals surface area (Å²) >= 11 is 0. The summed E-state index contributed by atoms with van der Waals surface area (Å²) in [6.45, 7) is 4.03. The van der Waals surface area contributed by atoms with E-state index in [2.05, 4.69) is 22.1 Å². The minimum absolute atomic E-state index is 0.0744. The minimum Gasteiger partial charge on any atom is -0.346 e. The Hall–Kier alpha value is -3.15. The van der Waals surface area contributed by atoms with Gasteiger partial charge in [0, 0.05) is 50.9 Å². The van der Waals surface area contributed by atoms with Crippen molar-refractivity contribution in [3.63, 3.8) is 0 Å². The molecule has 2 amide bonds. The molecule has 0 unspecified atom stereocenters. The highest BCUT2D eigenvalue weighted by molar-refractivity contribution is 5.92. The fourth-order valence-electron chi connectivity index (χ4n) is 3.57. The molecule has 138 valence electrons. The van der Waals surface area contributed by atoms with E-state index in [9.17, 15) is 9.59 Å². The van der Waals surface area contributed by atoms with Gasteiger partial charge in [0.15, 0.2) is 0 Å². The first-order valence-electron chi connectivity index (χ1n) is 9.16. The number of nitrogens with zero attached hydrogens (tertiary/aromatic N) is 3. The SMILES string of the molecule is CC(=O)N1CCN(C(=O)Cc2ccc(-c3ccnc4[nH]ccc34)cc2)CC1. The zero-order valence-corrected chi connectivity index (χ0v) is 15.3. The number of piperazine rings is 1. The topological polar surface area (TPSA) is 69.3 Å². The highest BCUT2D eigenvalue weighted by Crippen LogP contribution is 2.27. The third-order valence-electron chi connectivity index (χ3n) is 5.16. The molecular formula is C21H22N4O2. The van der Waals surface area contributed by atoms with Gasteiger partial charge in [-0.2, -0.15) is 0 Å². The molecule has 1 aromatic carbocycles. The lowest BCUT2D eigenvalue weighted by molar-refractivity contribution is -0.138. The summed E-state index contributed by atoms with van der Waals surface area (Å²) in [6, 6.07) is 12.2. The number of aromatic amines is 1. The lowest BCUT2D eigenvalue weighted by Crippen LogP contribution is -2.50. The Morgan fingerprint density at radius 3 is 2.41 bits per heavy atom. The van der Waals surface area contributed by atoms with Crippen LogP contribution in [0.4, 0.5) is 0 Å². The molecule has 0 bridgehead atoms. The van der Waals surface area contributed by atoms with Crippen molar-refractivity contribution in [3.8, 4) is 11.1 Å². The highest BCUT2D eigenvalue weighted by Gasteiger charge is 2.22. The molecule has 1 saturated heterocycles. The maximum atomic E-state index is 12.5. The lowest BCUT2D eigenvalue weighted by atomic mass is 10.0. The zero-order valence-electron chi connectivity index (χ0n) is 15.3. The van der Waals surface area contributed by atoms with Crippen LogP contribution in [-0.4, -0.2) is 57.8 Å². The maximum absolute atomic E-state index is 12.5. The van der Waals surface area contributed by atoms with E-state index in [1.807, 2.05) is 35.4 Å². The van der Waals surface area contributed by atoms with Crippen LogP contribution >= 0.6 is 0 Å².